The Bertz CT molecular complexity index is 1240. The van der Waals surface area contributed by atoms with E-state index in [0.717, 1.165) is 31.4 Å². The van der Waals surface area contributed by atoms with Crippen LogP contribution in [-0.2, 0) is 19.1 Å². The summed E-state index contributed by atoms with van der Waals surface area (Å²) < 4.78 is 11.5. The van der Waals surface area contributed by atoms with Crippen LogP contribution >= 0.6 is 0 Å². The van der Waals surface area contributed by atoms with Crippen molar-refractivity contribution < 1.29 is 38.9 Å². The van der Waals surface area contributed by atoms with E-state index in [2.05, 4.69) is 9.80 Å². The third kappa shape index (κ3) is 14.6. The van der Waals surface area contributed by atoms with Crippen LogP contribution in [0.2, 0.25) is 0 Å². The summed E-state index contributed by atoms with van der Waals surface area (Å²) in [5, 5.41) is 21.7. The van der Waals surface area contributed by atoms with Crippen molar-refractivity contribution in [3.8, 4) is 0 Å². The number of aliphatic hydroxyl groups is 2. The molecule has 12 heteroatoms. The van der Waals surface area contributed by atoms with Crippen molar-refractivity contribution in [1.29, 1.82) is 0 Å². The fourth-order valence-electron chi connectivity index (χ4n) is 7.51. The summed E-state index contributed by atoms with van der Waals surface area (Å²) in [6, 6.07) is 0.912. The molecule has 0 aromatic heterocycles. The maximum Gasteiger partial charge on any atom is 0.410 e. The molecule has 0 aromatic carbocycles. The second-order valence-corrected chi connectivity index (χ2v) is 16.0. The number of carbonyl (C=O) groups excluding carboxylic acids is 4. The lowest BCUT2D eigenvalue weighted by Gasteiger charge is -2.40. The van der Waals surface area contributed by atoms with Crippen LogP contribution in [0.25, 0.3) is 0 Å². The van der Waals surface area contributed by atoms with Gasteiger partial charge in [0.15, 0.2) is 6.10 Å². The zero-order chi connectivity index (χ0) is 39.0. The Morgan fingerprint density at radius 1 is 0.925 bits per heavy atom. The van der Waals surface area contributed by atoms with Gasteiger partial charge in [0.05, 0.1) is 12.7 Å². The third-order valence-corrected chi connectivity index (χ3v) is 11.4. The van der Waals surface area contributed by atoms with E-state index >= 15 is 0 Å². The van der Waals surface area contributed by atoms with Crippen LogP contribution in [0.1, 0.15) is 91.9 Å². The van der Waals surface area contributed by atoms with Gasteiger partial charge < -0.3 is 44.0 Å². The minimum absolute atomic E-state index is 0.0234. The second kappa shape index (κ2) is 22.4. The van der Waals surface area contributed by atoms with Crippen molar-refractivity contribution in [2.75, 3.05) is 60.0 Å². The van der Waals surface area contributed by atoms with Crippen molar-refractivity contribution in [2.45, 2.75) is 122 Å². The molecule has 2 saturated heterocycles. The number of allylic oxidation sites excluding steroid dienone is 4. The molecule has 7 atom stereocenters. The van der Waals surface area contributed by atoms with Crippen molar-refractivity contribution >= 4 is 24.8 Å². The number of hydrogen-bond acceptors (Lipinski definition) is 10. The molecule has 0 unspecified atom stereocenters. The molecule has 1 aliphatic carbocycles. The first kappa shape index (κ1) is 44.3. The van der Waals surface area contributed by atoms with Gasteiger partial charge in [0.1, 0.15) is 18.2 Å². The quantitative estimate of drug-likeness (QED) is 0.0830. The topological polar surface area (TPSA) is 140 Å². The summed E-state index contributed by atoms with van der Waals surface area (Å²) in [6.45, 7) is 11.6. The Morgan fingerprint density at radius 2 is 1.60 bits per heavy atom. The van der Waals surface area contributed by atoms with Crippen LogP contribution in [0.4, 0.5) is 9.59 Å². The van der Waals surface area contributed by atoms with Crippen LogP contribution < -0.4 is 0 Å². The first-order valence-corrected chi connectivity index (χ1v) is 19.9. The fraction of sp³-hybridized carbons (Fsp3) is 0.756. The molecule has 53 heavy (non-hydrogen) atoms. The number of ether oxygens (including phenoxy) is 2. The van der Waals surface area contributed by atoms with Gasteiger partial charge in [0.2, 0.25) is 0 Å². The van der Waals surface area contributed by atoms with Crippen LogP contribution in [0.15, 0.2) is 36.0 Å². The van der Waals surface area contributed by atoms with E-state index in [4.69, 9.17) is 9.47 Å². The summed E-state index contributed by atoms with van der Waals surface area (Å²) in [6.07, 6.45) is 16.5. The molecule has 3 aliphatic rings. The van der Waals surface area contributed by atoms with E-state index in [1.165, 1.54) is 38.5 Å². The molecule has 3 fully saturated rings. The van der Waals surface area contributed by atoms with E-state index < -0.39 is 29.8 Å². The predicted octanol–water partition coefficient (Wildman–Crippen LogP) is 5.23. The van der Waals surface area contributed by atoms with E-state index in [1.807, 2.05) is 53.1 Å². The Hall–Kier alpha value is -3.06. The van der Waals surface area contributed by atoms with Crippen molar-refractivity contribution in [3.63, 3.8) is 0 Å². The Labute approximate surface area is 318 Å². The van der Waals surface area contributed by atoms with Gasteiger partial charge in [-0.15, -0.1) is 0 Å². The smallest absolute Gasteiger partial charge is 0.410 e. The lowest BCUT2D eigenvalue weighted by molar-refractivity contribution is -0.111. The van der Waals surface area contributed by atoms with Crippen LogP contribution in [0.3, 0.4) is 0 Å². The second-order valence-electron chi connectivity index (χ2n) is 16.0. The number of aliphatic hydroxyl groups excluding tert-OH is 1. The highest BCUT2D eigenvalue weighted by Crippen LogP contribution is 2.27. The monoisotopic (exact) mass is 745 g/mol. The molecule has 3 rings (SSSR count). The maximum absolute atomic E-state index is 13.5. The van der Waals surface area contributed by atoms with Gasteiger partial charge in [-0.2, -0.15) is 0 Å². The third-order valence-electron chi connectivity index (χ3n) is 11.4. The molecule has 2 N–H and O–H groups in total. The van der Waals surface area contributed by atoms with E-state index in [9.17, 15) is 29.4 Å². The largest absolute Gasteiger partial charge is 0.449 e. The van der Waals surface area contributed by atoms with Crippen molar-refractivity contribution in [1.82, 2.24) is 19.6 Å². The highest BCUT2D eigenvalue weighted by Gasteiger charge is 2.36. The van der Waals surface area contributed by atoms with Gasteiger partial charge in [0, 0.05) is 69.6 Å². The van der Waals surface area contributed by atoms with Gasteiger partial charge in [-0.25, -0.2) is 9.59 Å². The Morgan fingerprint density at radius 3 is 2.21 bits per heavy atom. The van der Waals surface area contributed by atoms with Gasteiger partial charge in [-0.3, -0.25) is 4.90 Å². The average molecular weight is 745 g/mol. The summed E-state index contributed by atoms with van der Waals surface area (Å²) in [5.41, 5.74) is -0.710. The summed E-state index contributed by atoms with van der Waals surface area (Å²) >= 11 is 0. The highest BCUT2D eigenvalue weighted by molar-refractivity contribution is 5.68. The predicted molar refractivity (Wildman–Crippen MR) is 206 cm³/mol. The minimum atomic E-state index is -1.54. The number of rotatable bonds is 18. The SMILES string of the molecule is C/C(=C\C=C\[C@@H](C)COC(=O)N1CC[C@H](N(C)C)C1)[C@@H](C=O)[C@@H](C)/C=C/[C@H](OC(=O)N1CCN(C2CCCCCC2)CC1)[C@@](C)(O)CC[C@H](O)CC=O. The summed E-state index contributed by atoms with van der Waals surface area (Å²) in [4.78, 5) is 57.3. The number of amides is 2. The number of aldehydes is 2. The molecule has 2 aliphatic heterocycles. The molecule has 0 radical (unpaired) electrons. The molecule has 0 bridgehead atoms. The Kier molecular flexibility index (Phi) is 18.7. The summed E-state index contributed by atoms with van der Waals surface area (Å²) in [7, 11) is 4.03. The Balaban J connectivity index is 1.61. The van der Waals surface area contributed by atoms with Crippen molar-refractivity contribution in [3.05, 3.63) is 36.0 Å². The molecule has 300 valence electrons. The lowest BCUT2D eigenvalue weighted by atomic mass is 9.86. The number of nitrogens with zero attached hydrogens (tertiary/aromatic N) is 4. The van der Waals surface area contributed by atoms with Crippen LogP contribution in [0.5, 0.6) is 0 Å². The molecule has 1 saturated carbocycles. The van der Waals surface area contributed by atoms with Gasteiger partial charge in [-0.05, 0) is 72.0 Å². The van der Waals surface area contributed by atoms with E-state index in [0.29, 0.717) is 44.5 Å². The zero-order valence-electron chi connectivity index (χ0n) is 33.2. The molecule has 2 heterocycles. The standard InChI is InChI=1S/C41H68N4O8/c1-31(30-52-39(49)45-22-19-35(28-45)42(5)6)12-11-13-32(2)37(29-47)33(3)16-17-38(41(4,51)21-18-36(48)20-27-46)53-40(50)44-25-23-43(24-26-44)34-14-9-7-8-10-15-34/h11-13,16-17,27,29,31,33-38,48,51H,7-10,14-15,18-26,28,30H2,1-6H3/b12-11+,17-16+,32-13+/t31-,33+,35+,36+,37-,38+,41+/m1/s1. The van der Waals surface area contributed by atoms with Crippen molar-refractivity contribution in [2.24, 2.45) is 17.8 Å². The summed E-state index contributed by atoms with van der Waals surface area (Å²) in [5.74, 6) is -0.788. The zero-order valence-corrected chi connectivity index (χ0v) is 33.2. The first-order chi connectivity index (χ1) is 25.2. The molecular formula is C41H68N4O8. The average Bonchev–Trinajstić information content (AvgIpc) is 3.48. The minimum Gasteiger partial charge on any atom is -0.449 e. The fourth-order valence-corrected chi connectivity index (χ4v) is 7.51. The number of piperazine rings is 1. The van der Waals surface area contributed by atoms with Crippen LogP contribution in [-0.4, -0.2) is 144 Å². The lowest BCUT2D eigenvalue weighted by Crippen LogP contribution is -2.53. The van der Waals surface area contributed by atoms with Gasteiger partial charge >= 0.3 is 12.2 Å². The number of carbonyl (C=O) groups is 4. The maximum atomic E-state index is 13.5. The molecule has 2 amide bonds. The van der Waals surface area contributed by atoms with E-state index in [-0.39, 0.29) is 43.8 Å². The first-order valence-electron chi connectivity index (χ1n) is 19.9. The number of likely N-dealkylation sites (tertiary alicyclic amines) is 1. The van der Waals surface area contributed by atoms with E-state index in [1.54, 1.807) is 28.9 Å². The molecule has 0 spiro atoms. The molecular weight excluding hydrogens is 676 g/mol. The normalized spacial score (nSPS) is 23.7. The van der Waals surface area contributed by atoms with Gasteiger partial charge in [0.25, 0.3) is 0 Å². The number of hydrogen-bond donors (Lipinski definition) is 2. The van der Waals surface area contributed by atoms with Crippen LogP contribution in [0, 0.1) is 17.8 Å². The van der Waals surface area contributed by atoms with Gasteiger partial charge in [-0.1, -0.05) is 69.4 Å². The highest BCUT2D eigenvalue weighted by atomic mass is 16.6. The number of likely N-dealkylation sites (N-methyl/N-ethyl adjacent to an activating group) is 1. The molecule has 0 aromatic rings. The molecule has 12 nitrogen and oxygen atoms in total.